The number of fused-ring (bicyclic) bond motifs is 1. The highest BCUT2D eigenvalue weighted by atomic mass is 14.8. The second kappa shape index (κ2) is 5.60. The van der Waals surface area contributed by atoms with Gasteiger partial charge in [-0.25, -0.2) is 0 Å². The highest BCUT2D eigenvalue weighted by molar-refractivity contribution is 5.81. The third-order valence-electron chi connectivity index (χ3n) is 2.72. The van der Waals surface area contributed by atoms with Crippen LogP contribution in [0, 0.1) is 6.92 Å². The maximum atomic E-state index is 4.49. The lowest BCUT2D eigenvalue weighted by Gasteiger charge is -2.00. The zero-order valence-electron chi connectivity index (χ0n) is 10.4. The summed E-state index contributed by atoms with van der Waals surface area (Å²) in [5.74, 6) is 0. The maximum Gasteiger partial charge on any atom is 0.0705 e. The summed E-state index contributed by atoms with van der Waals surface area (Å²) in [6.07, 6.45) is 5.41. The molecule has 88 valence electrons. The van der Waals surface area contributed by atoms with Gasteiger partial charge in [0.15, 0.2) is 0 Å². The van der Waals surface area contributed by atoms with Crippen LogP contribution in [0.5, 0.6) is 0 Å². The molecule has 0 spiro atoms. The van der Waals surface area contributed by atoms with E-state index in [9.17, 15) is 0 Å². The first-order chi connectivity index (χ1) is 8.29. The van der Waals surface area contributed by atoms with Crippen molar-refractivity contribution in [2.75, 3.05) is 13.6 Å². The molecule has 2 rings (SSSR count). The number of nitrogens with zero attached hydrogens (tertiary/aromatic N) is 1. The summed E-state index contributed by atoms with van der Waals surface area (Å²) >= 11 is 0. The summed E-state index contributed by atoms with van der Waals surface area (Å²) in [5.41, 5.74) is 3.37. The van der Waals surface area contributed by atoms with Crippen molar-refractivity contribution in [2.45, 2.75) is 13.3 Å². The van der Waals surface area contributed by atoms with Crippen LogP contribution >= 0.6 is 0 Å². The van der Waals surface area contributed by atoms with Crippen LogP contribution in [0.3, 0.4) is 0 Å². The van der Waals surface area contributed by atoms with Crippen molar-refractivity contribution >= 4 is 17.0 Å². The van der Waals surface area contributed by atoms with Crippen LogP contribution in [0.15, 0.2) is 36.4 Å². The van der Waals surface area contributed by atoms with Gasteiger partial charge < -0.3 is 5.32 Å². The van der Waals surface area contributed by atoms with E-state index in [1.165, 1.54) is 10.9 Å². The van der Waals surface area contributed by atoms with E-state index in [-0.39, 0.29) is 0 Å². The smallest absolute Gasteiger partial charge is 0.0705 e. The van der Waals surface area contributed by atoms with Crippen molar-refractivity contribution in [3.05, 3.63) is 47.7 Å². The number of nitrogens with one attached hydrogen (secondary N) is 1. The van der Waals surface area contributed by atoms with Crippen LogP contribution in [0.25, 0.3) is 17.0 Å². The molecule has 0 unspecified atom stereocenters. The molecule has 0 atom stereocenters. The average Bonchev–Trinajstić information content (AvgIpc) is 2.35. The molecule has 2 heteroatoms. The fourth-order valence-electron chi connectivity index (χ4n) is 1.80. The number of rotatable bonds is 4. The summed E-state index contributed by atoms with van der Waals surface area (Å²) in [5, 5.41) is 4.33. The molecule has 17 heavy (non-hydrogen) atoms. The zero-order chi connectivity index (χ0) is 12.1. The molecule has 1 heterocycles. The normalized spacial score (nSPS) is 11.4. The van der Waals surface area contributed by atoms with Gasteiger partial charge in [-0.15, -0.1) is 0 Å². The Labute approximate surface area is 102 Å². The Bertz CT molecular complexity index is 529. The molecule has 0 aliphatic rings. The Morgan fingerprint density at radius 3 is 2.94 bits per heavy atom. The molecule has 0 fully saturated rings. The summed E-state index contributed by atoms with van der Waals surface area (Å²) in [4.78, 5) is 4.49. The van der Waals surface area contributed by atoms with Crippen molar-refractivity contribution in [3.63, 3.8) is 0 Å². The van der Waals surface area contributed by atoms with Gasteiger partial charge in [0.25, 0.3) is 0 Å². The fraction of sp³-hybridized carbons (Fsp3) is 0.267. The Morgan fingerprint density at radius 1 is 1.24 bits per heavy atom. The topological polar surface area (TPSA) is 24.9 Å². The van der Waals surface area contributed by atoms with Gasteiger partial charge >= 0.3 is 0 Å². The molecule has 0 aliphatic carbocycles. The molecule has 0 bridgehead atoms. The number of pyridine rings is 1. The van der Waals surface area contributed by atoms with Crippen LogP contribution in [0.1, 0.15) is 17.7 Å². The molecule has 2 nitrogen and oxygen atoms in total. The van der Waals surface area contributed by atoms with Gasteiger partial charge in [0.1, 0.15) is 0 Å². The van der Waals surface area contributed by atoms with Crippen molar-refractivity contribution in [2.24, 2.45) is 0 Å². The van der Waals surface area contributed by atoms with Crippen molar-refractivity contribution in [1.29, 1.82) is 0 Å². The van der Waals surface area contributed by atoms with Crippen LogP contribution in [-0.4, -0.2) is 18.6 Å². The summed E-state index contributed by atoms with van der Waals surface area (Å²) < 4.78 is 0. The average molecular weight is 226 g/mol. The SMILES string of the molecule is CNCC/C=C/c1ccc2nc(C)ccc2c1. The van der Waals surface area contributed by atoms with Gasteiger partial charge in [-0.2, -0.15) is 0 Å². The van der Waals surface area contributed by atoms with Crippen molar-refractivity contribution in [3.8, 4) is 0 Å². The van der Waals surface area contributed by atoms with Gasteiger partial charge in [-0.1, -0.05) is 24.3 Å². The van der Waals surface area contributed by atoms with Gasteiger partial charge in [0, 0.05) is 11.1 Å². The van der Waals surface area contributed by atoms with Crippen molar-refractivity contribution in [1.82, 2.24) is 10.3 Å². The third-order valence-corrected chi connectivity index (χ3v) is 2.72. The highest BCUT2D eigenvalue weighted by Crippen LogP contribution is 2.15. The number of benzene rings is 1. The number of aromatic nitrogens is 1. The van der Waals surface area contributed by atoms with Gasteiger partial charge in [-0.05, 0) is 50.7 Å². The maximum absolute atomic E-state index is 4.49. The van der Waals surface area contributed by atoms with E-state index in [0.717, 1.165) is 24.2 Å². The second-order valence-corrected chi connectivity index (χ2v) is 4.20. The van der Waals surface area contributed by atoms with Crippen LogP contribution in [0.4, 0.5) is 0 Å². The molecule has 1 aromatic heterocycles. The number of aryl methyl sites for hydroxylation is 1. The van der Waals surface area contributed by atoms with E-state index in [4.69, 9.17) is 0 Å². The van der Waals surface area contributed by atoms with E-state index < -0.39 is 0 Å². The Morgan fingerprint density at radius 2 is 2.12 bits per heavy atom. The third kappa shape index (κ3) is 3.14. The molecular weight excluding hydrogens is 208 g/mol. The summed E-state index contributed by atoms with van der Waals surface area (Å²) in [6.45, 7) is 3.04. The first-order valence-corrected chi connectivity index (χ1v) is 5.98. The first-order valence-electron chi connectivity index (χ1n) is 5.98. The predicted octanol–water partition coefficient (Wildman–Crippen LogP) is 3.17. The highest BCUT2D eigenvalue weighted by Gasteiger charge is 1.95. The lowest BCUT2D eigenvalue weighted by Crippen LogP contribution is -2.05. The monoisotopic (exact) mass is 226 g/mol. The standard InChI is InChI=1S/C15H18N2/c1-12-6-8-14-11-13(5-3-4-10-16-2)7-9-15(14)17-12/h3,5-9,11,16H,4,10H2,1-2H3/b5-3+. The lowest BCUT2D eigenvalue weighted by atomic mass is 10.1. The van der Waals surface area contributed by atoms with E-state index in [1.807, 2.05) is 14.0 Å². The van der Waals surface area contributed by atoms with E-state index in [1.54, 1.807) is 0 Å². The molecule has 0 radical (unpaired) electrons. The van der Waals surface area contributed by atoms with Crippen LogP contribution < -0.4 is 5.32 Å². The molecule has 1 N–H and O–H groups in total. The molecular formula is C15H18N2. The number of hydrogen-bond acceptors (Lipinski definition) is 2. The molecule has 0 amide bonds. The second-order valence-electron chi connectivity index (χ2n) is 4.20. The Hall–Kier alpha value is -1.67. The minimum absolute atomic E-state index is 1.02. The van der Waals surface area contributed by atoms with Crippen LogP contribution in [0.2, 0.25) is 0 Å². The summed E-state index contributed by atoms with van der Waals surface area (Å²) in [7, 11) is 1.97. The van der Waals surface area contributed by atoms with E-state index >= 15 is 0 Å². The quantitative estimate of drug-likeness (QED) is 0.810. The summed E-state index contributed by atoms with van der Waals surface area (Å²) in [6, 6.07) is 10.6. The lowest BCUT2D eigenvalue weighted by molar-refractivity contribution is 0.809. The Balaban J connectivity index is 2.20. The molecule has 2 aromatic rings. The van der Waals surface area contributed by atoms with Crippen LogP contribution in [-0.2, 0) is 0 Å². The van der Waals surface area contributed by atoms with Gasteiger partial charge in [0.2, 0.25) is 0 Å². The van der Waals surface area contributed by atoms with Gasteiger partial charge in [-0.3, -0.25) is 4.98 Å². The van der Waals surface area contributed by atoms with Gasteiger partial charge in [0.05, 0.1) is 5.52 Å². The van der Waals surface area contributed by atoms with E-state index in [2.05, 4.69) is 52.8 Å². The molecule has 0 saturated carbocycles. The molecule has 1 aromatic carbocycles. The predicted molar refractivity (Wildman–Crippen MR) is 74.1 cm³/mol. The zero-order valence-corrected chi connectivity index (χ0v) is 10.4. The van der Waals surface area contributed by atoms with Crippen molar-refractivity contribution < 1.29 is 0 Å². The van der Waals surface area contributed by atoms with E-state index in [0.29, 0.717) is 0 Å². The molecule has 0 aliphatic heterocycles. The minimum Gasteiger partial charge on any atom is -0.319 e. The fourth-order valence-corrected chi connectivity index (χ4v) is 1.80. The molecule has 0 saturated heterocycles. The number of hydrogen-bond donors (Lipinski definition) is 1. The first kappa shape index (κ1) is 11.8. The Kier molecular flexibility index (Phi) is 3.89. The minimum atomic E-state index is 1.02. The largest absolute Gasteiger partial charge is 0.319 e.